The second-order valence-corrected chi connectivity index (χ2v) is 8.41. The van der Waals surface area contributed by atoms with E-state index in [0.29, 0.717) is 5.92 Å². The fourth-order valence-corrected chi connectivity index (χ4v) is 4.65. The smallest absolute Gasteiger partial charge is 0.194 e. The monoisotopic (exact) mass is 371 g/mol. The van der Waals surface area contributed by atoms with Crippen molar-refractivity contribution >= 4 is 26.8 Å². The van der Waals surface area contributed by atoms with E-state index in [2.05, 4.69) is 27.3 Å². The minimum absolute atomic E-state index is 0.248. The van der Waals surface area contributed by atoms with Crippen molar-refractivity contribution in [2.45, 2.75) is 26.7 Å². The highest BCUT2D eigenvalue weighted by molar-refractivity contribution is 7.22. The van der Waals surface area contributed by atoms with Gasteiger partial charge in [0.1, 0.15) is 11.4 Å². The number of phenols is 1. The number of rotatable bonds is 4. The van der Waals surface area contributed by atoms with E-state index in [1.54, 1.807) is 22.1 Å². The number of nitrogens with zero attached hydrogens (tertiary/aromatic N) is 4. The number of benzene rings is 1. The molecule has 26 heavy (non-hydrogen) atoms. The Balaban J connectivity index is 1.51. The van der Waals surface area contributed by atoms with Crippen LogP contribution in [0.5, 0.6) is 5.75 Å². The van der Waals surface area contributed by atoms with Crippen molar-refractivity contribution in [3.63, 3.8) is 0 Å². The van der Waals surface area contributed by atoms with Gasteiger partial charge in [-0.15, -0.1) is 5.10 Å². The fourth-order valence-electron chi connectivity index (χ4n) is 3.82. The van der Waals surface area contributed by atoms with E-state index >= 15 is 0 Å². The van der Waals surface area contributed by atoms with Gasteiger partial charge >= 0.3 is 0 Å². The van der Waals surface area contributed by atoms with E-state index in [1.165, 1.54) is 19.4 Å². The lowest BCUT2D eigenvalue weighted by Gasteiger charge is -2.29. The van der Waals surface area contributed by atoms with Gasteiger partial charge in [0.2, 0.25) is 0 Å². The number of nitrogens with one attached hydrogen (secondary N) is 1. The SMILES string of the molecule is Cc1cc(C)c(-n2cc3sc(NC[C@@H]4CCCN(C)C4)nc3n2)c(O)c1. The van der Waals surface area contributed by atoms with Gasteiger partial charge < -0.3 is 15.3 Å². The van der Waals surface area contributed by atoms with Crippen molar-refractivity contribution in [2.24, 2.45) is 5.92 Å². The number of hydrogen-bond donors (Lipinski definition) is 2. The summed E-state index contributed by atoms with van der Waals surface area (Å²) in [5, 5.41) is 19.3. The van der Waals surface area contributed by atoms with Crippen molar-refractivity contribution in [1.29, 1.82) is 0 Å². The molecular weight excluding hydrogens is 346 g/mol. The van der Waals surface area contributed by atoms with Gasteiger partial charge in [-0.3, -0.25) is 0 Å². The summed E-state index contributed by atoms with van der Waals surface area (Å²) in [4.78, 5) is 7.02. The number of likely N-dealkylation sites (tertiary alicyclic amines) is 1. The first kappa shape index (κ1) is 17.3. The van der Waals surface area contributed by atoms with Crippen molar-refractivity contribution in [3.8, 4) is 11.4 Å². The molecule has 2 aromatic heterocycles. The minimum Gasteiger partial charge on any atom is -0.506 e. The van der Waals surface area contributed by atoms with Crippen LogP contribution in [0.15, 0.2) is 18.3 Å². The molecule has 0 unspecified atom stereocenters. The van der Waals surface area contributed by atoms with E-state index in [1.807, 2.05) is 26.1 Å². The summed E-state index contributed by atoms with van der Waals surface area (Å²) >= 11 is 1.62. The van der Waals surface area contributed by atoms with Gasteiger partial charge in [-0.05, 0) is 63.4 Å². The van der Waals surface area contributed by atoms with Crippen LogP contribution in [0.3, 0.4) is 0 Å². The molecule has 0 amide bonds. The first-order chi connectivity index (χ1) is 12.5. The van der Waals surface area contributed by atoms with Gasteiger partial charge in [0.25, 0.3) is 0 Å². The van der Waals surface area contributed by atoms with Crippen LogP contribution in [0.2, 0.25) is 0 Å². The maximum Gasteiger partial charge on any atom is 0.194 e. The number of fused-ring (bicyclic) bond motifs is 1. The number of aryl methyl sites for hydroxylation is 2. The van der Waals surface area contributed by atoms with Gasteiger partial charge in [-0.1, -0.05) is 17.4 Å². The predicted octanol–water partition coefficient (Wildman–Crippen LogP) is 3.56. The van der Waals surface area contributed by atoms with Crippen molar-refractivity contribution in [2.75, 3.05) is 32.0 Å². The summed E-state index contributed by atoms with van der Waals surface area (Å²) in [6, 6.07) is 3.81. The largest absolute Gasteiger partial charge is 0.506 e. The quantitative estimate of drug-likeness (QED) is 0.734. The molecule has 1 aromatic carbocycles. The zero-order valence-corrected chi connectivity index (χ0v) is 16.3. The summed E-state index contributed by atoms with van der Waals surface area (Å²) in [5.41, 5.74) is 3.48. The molecule has 2 N–H and O–H groups in total. The molecule has 0 aliphatic carbocycles. The molecule has 1 aliphatic rings. The lowest BCUT2D eigenvalue weighted by molar-refractivity contribution is 0.217. The number of aromatic hydroxyl groups is 1. The average molecular weight is 372 g/mol. The van der Waals surface area contributed by atoms with E-state index in [-0.39, 0.29) is 5.75 Å². The van der Waals surface area contributed by atoms with Gasteiger partial charge in [0.05, 0.1) is 10.9 Å². The standard InChI is InChI=1S/C19H25N5OS/c1-12-7-13(2)17(15(25)8-12)24-11-16-18(22-24)21-19(26-16)20-9-14-5-4-6-23(3)10-14/h7-8,11,14,25H,4-6,9-10H2,1-3H3,(H,20,21,22)/t14-/m0/s1. The third-order valence-corrected chi connectivity index (χ3v) is 5.93. The first-order valence-corrected chi connectivity index (χ1v) is 9.90. The van der Waals surface area contributed by atoms with Crippen LogP contribution in [0.4, 0.5) is 5.13 Å². The molecule has 1 saturated heterocycles. The predicted molar refractivity (Wildman–Crippen MR) is 107 cm³/mol. The molecule has 3 heterocycles. The summed E-state index contributed by atoms with van der Waals surface area (Å²) < 4.78 is 2.76. The minimum atomic E-state index is 0.248. The number of hydrogen-bond acceptors (Lipinski definition) is 6. The highest BCUT2D eigenvalue weighted by Gasteiger charge is 2.18. The average Bonchev–Trinajstić information content (AvgIpc) is 3.10. The van der Waals surface area contributed by atoms with Gasteiger partial charge in [0, 0.05) is 13.1 Å². The van der Waals surface area contributed by atoms with Crippen molar-refractivity contribution < 1.29 is 5.11 Å². The Morgan fingerprint density at radius 1 is 1.35 bits per heavy atom. The molecule has 0 radical (unpaired) electrons. The lowest BCUT2D eigenvalue weighted by atomic mass is 9.99. The molecule has 1 aliphatic heterocycles. The Labute approximate surface area is 157 Å². The van der Waals surface area contributed by atoms with E-state index in [4.69, 9.17) is 0 Å². The van der Waals surface area contributed by atoms with Crippen LogP contribution in [-0.2, 0) is 0 Å². The van der Waals surface area contributed by atoms with E-state index < -0.39 is 0 Å². The highest BCUT2D eigenvalue weighted by Crippen LogP contribution is 2.31. The zero-order valence-electron chi connectivity index (χ0n) is 15.5. The fraction of sp³-hybridized carbons (Fsp3) is 0.474. The highest BCUT2D eigenvalue weighted by atomic mass is 32.1. The summed E-state index contributed by atoms with van der Waals surface area (Å²) in [7, 11) is 2.19. The van der Waals surface area contributed by atoms with Crippen LogP contribution in [0.1, 0.15) is 24.0 Å². The zero-order chi connectivity index (χ0) is 18.3. The topological polar surface area (TPSA) is 66.2 Å². The molecule has 138 valence electrons. The van der Waals surface area contributed by atoms with Crippen LogP contribution in [0.25, 0.3) is 16.0 Å². The number of anilines is 1. The number of phenolic OH excluding ortho intramolecular Hbond substituents is 1. The molecule has 1 atom stereocenters. The summed E-state index contributed by atoms with van der Waals surface area (Å²) in [6.45, 7) is 7.27. The third kappa shape index (κ3) is 3.41. The van der Waals surface area contributed by atoms with Crippen molar-refractivity contribution in [3.05, 3.63) is 29.5 Å². The summed E-state index contributed by atoms with van der Waals surface area (Å²) in [6.07, 6.45) is 4.50. The van der Waals surface area contributed by atoms with E-state index in [0.717, 1.165) is 45.4 Å². The Morgan fingerprint density at radius 2 is 2.19 bits per heavy atom. The molecular formula is C19H25N5OS. The normalized spacial score (nSPS) is 18.5. The number of piperidine rings is 1. The lowest BCUT2D eigenvalue weighted by Crippen LogP contribution is -2.35. The van der Waals surface area contributed by atoms with Crippen LogP contribution in [0, 0.1) is 19.8 Å². The molecule has 7 heteroatoms. The molecule has 0 saturated carbocycles. The first-order valence-electron chi connectivity index (χ1n) is 9.09. The van der Waals surface area contributed by atoms with Crippen LogP contribution in [-0.4, -0.2) is 51.5 Å². The number of aromatic nitrogens is 3. The van der Waals surface area contributed by atoms with E-state index in [9.17, 15) is 5.11 Å². The second kappa shape index (κ2) is 6.89. The number of thiazole rings is 1. The van der Waals surface area contributed by atoms with Crippen molar-refractivity contribution in [1.82, 2.24) is 19.7 Å². The molecule has 4 rings (SSSR count). The maximum absolute atomic E-state index is 10.3. The van der Waals surface area contributed by atoms with Crippen LogP contribution >= 0.6 is 11.3 Å². The molecule has 0 spiro atoms. The van der Waals surface area contributed by atoms with Gasteiger partial charge in [-0.25, -0.2) is 4.68 Å². The summed E-state index contributed by atoms with van der Waals surface area (Å²) in [5.74, 6) is 0.925. The molecule has 3 aromatic rings. The molecule has 6 nitrogen and oxygen atoms in total. The Hall–Kier alpha value is -2.12. The third-order valence-electron chi connectivity index (χ3n) is 4.99. The van der Waals surface area contributed by atoms with Gasteiger partial charge in [-0.2, -0.15) is 4.98 Å². The Morgan fingerprint density at radius 3 is 2.92 bits per heavy atom. The second-order valence-electron chi connectivity index (χ2n) is 7.38. The molecule has 0 bridgehead atoms. The van der Waals surface area contributed by atoms with Crippen LogP contribution < -0.4 is 5.32 Å². The maximum atomic E-state index is 10.3. The van der Waals surface area contributed by atoms with Gasteiger partial charge in [0.15, 0.2) is 10.8 Å². The Bertz CT molecular complexity index is 877. The Kier molecular flexibility index (Phi) is 4.58. The molecule has 1 fully saturated rings.